The molecule has 0 amide bonds. The maximum absolute atomic E-state index is 4.41. The van der Waals surface area contributed by atoms with Crippen molar-refractivity contribution in [2.45, 2.75) is 19.3 Å². The molecule has 1 aliphatic heterocycles. The first-order valence-corrected chi connectivity index (χ1v) is 7.15. The fraction of sp³-hybridized carbons (Fsp3) is 0.375. The molecule has 0 aliphatic carbocycles. The second-order valence-corrected chi connectivity index (χ2v) is 7.08. The molecule has 1 aliphatic rings. The molecule has 0 saturated heterocycles. The lowest BCUT2D eigenvalue weighted by molar-refractivity contribution is 0.866. The summed E-state index contributed by atoms with van der Waals surface area (Å²) in [5.41, 5.74) is 2.47. The zero-order chi connectivity index (χ0) is 9.42. The Morgan fingerprint density at radius 2 is 2.23 bits per heavy atom. The van der Waals surface area contributed by atoms with Crippen molar-refractivity contribution in [3.8, 4) is 0 Å². The van der Waals surface area contributed by atoms with E-state index in [4.69, 9.17) is 0 Å². The Hall–Kier alpha value is 0.550. The van der Waals surface area contributed by atoms with E-state index in [1.54, 1.807) is 22.5 Å². The molecule has 13 heavy (non-hydrogen) atoms. The molecule has 2 rings (SSSR count). The van der Waals surface area contributed by atoms with Crippen LogP contribution in [-0.4, -0.2) is 5.37 Å². The van der Waals surface area contributed by atoms with Gasteiger partial charge in [-0.05, 0) is 54.8 Å². The third kappa shape index (κ3) is 1.71. The highest BCUT2D eigenvalue weighted by Gasteiger charge is 2.22. The molecule has 70 valence electrons. The van der Waals surface area contributed by atoms with E-state index in [0.717, 1.165) is 15.9 Å². The van der Waals surface area contributed by atoms with Crippen LogP contribution in [0.25, 0.3) is 0 Å². The molecule has 0 fully saturated rings. The van der Waals surface area contributed by atoms with E-state index >= 15 is 0 Å². The quantitative estimate of drug-likeness (QED) is 0.668. The molecule has 0 radical (unpaired) electrons. The van der Waals surface area contributed by atoms with E-state index in [0.29, 0.717) is 5.92 Å². The van der Waals surface area contributed by atoms with Crippen LogP contribution in [-0.2, 0) is 11.1 Å². The van der Waals surface area contributed by atoms with Crippen molar-refractivity contribution in [2.24, 2.45) is 4.36 Å². The van der Waals surface area contributed by atoms with Crippen LogP contribution in [0.5, 0.6) is 0 Å². The molecular weight excluding hydrogens is 334 g/mol. The SMILES string of the molecule is CCC1C=S=Nc2c(Br)sc(Br)c21. The highest BCUT2D eigenvalue weighted by molar-refractivity contribution is 9.12. The zero-order valence-electron chi connectivity index (χ0n) is 6.88. The molecule has 1 aromatic rings. The minimum atomic E-state index is 0.537. The molecular formula is C8H7Br2NS2. The van der Waals surface area contributed by atoms with Crippen molar-refractivity contribution >= 4 is 65.4 Å². The summed E-state index contributed by atoms with van der Waals surface area (Å²) in [5.74, 6) is 0.537. The van der Waals surface area contributed by atoms with Crippen molar-refractivity contribution < 1.29 is 0 Å². The van der Waals surface area contributed by atoms with Gasteiger partial charge in [0.25, 0.3) is 0 Å². The van der Waals surface area contributed by atoms with E-state index < -0.39 is 0 Å². The monoisotopic (exact) mass is 339 g/mol. The zero-order valence-corrected chi connectivity index (χ0v) is 11.7. The van der Waals surface area contributed by atoms with Gasteiger partial charge in [0.05, 0.1) is 7.57 Å². The van der Waals surface area contributed by atoms with E-state index in [-0.39, 0.29) is 0 Å². The number of thiophene rings is 1. The van der Waals surface area contributed by atoms with Gasteiger partial charge in [-0.1, -0.05) is 6.92 Å². The van der Waals surface area contributed by atoms with Gasteiger partial charge < -0.3 is 0 Å². The van der Waals surface area contributed by atoms with Crippen LogP contribution in [0.1, 0.15) is 24.8 Å². The van der Waals surface area contributed by atoms with Crippen LogP contribution < -0.4 is 0 Å². The highest BCUT2D eigenvalue weighted by Crippen LogP contribution is 2.47. The number of nitrogens with zero attached hydrogens (tertiary/aromatic N) is 1. The van der Waals surface area contributed by atoms with E-state index in [2.05, 4.69) is 48.5 Å². The van der Waals surface area contributed by atoms with Crippen LogP contribution >= 0.6 is 43.2 Å². The summed E-state index contributed by atoms with van der Waals surface area (Å²) >= 11 is 10.4. The molecule has 0 spiro atoms. The minimum absolute atomic E-state index is 0.537. The van der Waals surface area contributed by atoms with Gasteiger partial charge in [0.2, 0.25) is 0 Å². The molecule has 0 aromatic carbocycles. The molecule has 0 saturated carbocycles. The van der Waals surface area contributed by atoms with Crippen molar-refractivity contribution in [1.82, 2.24) is 0 Å². The molecule has 1 atom stereocenters. The normalized spacial score (nSPS) is 19.8. The summed E-state index contributed by atoms with van der Waals surface area (Å²) in [6, 6.07) is 0. The Balaban J connectivity index is 2.63. The Kier molecular flexibility index (Phi) is 3.07. The first kappa shape index (κ1) is 10.1. The molecule has 1 unspecified atom stereocenters. The second kappa shape index (κ2) is 3.96. The number of rotatable bonds is 1. The first-order valence-electron chi connectivity index (χ1n) is 3.92. The number of halogens is 2. The van der Waals surface area contributed by atoms with Crippen LogP contribution in [0.4, 0.5) is 5.69 Å². The molecule has 0 N–H and O–H groups in total. The summed E-state index contributed by atoms with van der Waals surface area (Å²) in [6.45, 7) is 2.20. The average molecular weight is 341 g/mol. The maximum Gasteiger partial charge on any atom is 0.106 e. The van der Waals surface area contributed by atoms with Crippen LogP contribution in [0.3, 0.4) is 0 Å². The van der Waals surface area contributed by atoms with Gasteiger partial charge in [-0.25, -0.2) is 0 Å². The number of fused-ring (bicyclic) bond motifs is 1. The predicted octanol–water partition coefficient (Wildman–Crippen LogP) is 4.48. The predicted molar refractivity (Wildman–Crippen MR) is 68.3 cm³/mol. The van der Waals surface area contributed by atoms with Gasteiger partial charge in [0, 0.05) is 11.5 Å². The summed E-state index contributed by atoms with van der Waals surface area (Å²) < 4.78 is 6.75. The standard InChI is InChI=1S/C8H7Br2NS2/c1-2-4-3-12-11-6-5(4)7(9)13-8(6)10/h3-4H,2H2,1H3. The molecule has 5 heteroatoms. The number of hydrogen-bond donors (Lipinski definition) is 0. The Bertz CT molecular complexity index is 405. The third-order valence-electron chi connectivity index (χ3n) is 2.01. The van der Waals surface area contributed by atoms with Gasteiger partial charge in [-0.15, -0.1) is 11.3 Å². The van der Waals surface area contributed by atoms with Crippen molar-refractivity contribution in [1.29, 1.82) is 0 Å². The maximum atomic E-state index is 4.41. The van der Waals surface area contributed by atoms with Gasteiger partial charge in [-0.2, -0.15) is 4.36 Å². The summed E-state index contributed by atoms with van der Waals surface area (Å²) in [7, 11) is 0. The van der Waals surface area contributed by atoms with Crippen LogP contribution in [0, 0.1) is 0 Å². The van der Waals surface area contributed by atoms with Crippen molar-refractivity contribution in [3.05, 3.63) is 13.1 Å². The number of hydrogen-bond acceptors (Lipinski definition) is 2. The Morgan fingerprint density at radius 1 is 1.46 bits per heavy atom. The van der Waals surface area contributed by atoms with Crippen molar-refractivity contribution in [2.75, 3.05) is 0 Å². The van der Waals surface area contributed by atoms with E-state index in [1.807, 2.05) is 0 Å². The lowest BCUT2D eigenvalue weighted by Crippen LogP contribution is -2.00. The lowest BCUT2D eigenvalue weighted by atomic mass is 10.0. The molecule has 0 bridgehead atoms. The fourth-order valence-corrected chi connectivity index (χ4v) is 5.49. The molecule has 2 heterocycles. The van der Waals surface area contributed by atoms with Crippen molar-refractivity contribution in [3.63, 3.8) is 0 Å². The summed E-state index contributed by atoms with van der Waals surface area (Å²) in [5, 5.41) is 2.20. The Labute approximate surface area is 102 Å². The minimum Gasteiger partial charge on any atom is -0.191 e. The highest BCUT2D eigenvalue weighted by atomic mass is 79.9. The smallest absolute Gasteiger partial charge is 0.106 e. The summed E-state index contributed by atoms with van der Waals surface area (Å²) in [6.07, 6.45) is 1.14. The first-order chi connectivity index (χ1) is 6.24. The van der Waals surface area contributed by atoms with Gasteiger partial charge in [0.1, 0.15) is 5.69 Å². The van der Waals surface area contributed by atoms with Crippen LogP contribution in [0.2, 0.25) is 0 Å². The van der Waals surface area contributed by atoms with Gasteiger partial charge in [0.15, 0.2) is 0 Å². The molecule has 1 nitrogen and oxygen atoms in total. The average Bonchev–Trinajstić information content (AvgIpc) is 2.43. The summed E-state index contributed by atoms with van der Waals surface area (Å²) in [4.78, 5) is 0. The second-order valence-electron chi connectivity index (χ2n) is 2.76. The van der Waals surface area contributed by atoms with Gasteiger partial charge >= 0.3 is 0 Å². The largest absolute Gasteiger partial charge is 0.191 e. The topological polar surface area (TPSA) is 12.4 Å². The van der Waals surface area contributed by atoms with Crippen LogP contribution in [0.15, 0.2) is 11.9 Å². The molecule has 1 aromatic heterocycles. The lowest BCUT2D eigenvalue weighted by Gasteiger charge is -2.11. The van der Waals surface area contributed by atoms with E-state index in [1.165, 1.54) is 9.35 Å². The van der Waals surface area contributed by atoms with E-state index in [9.17, 15) is 0 Å². The fourth-order valence-electron chi connectivity index (χ4n) is 1.31. The van der Waals surface area contributed by atoms with Gasteiger partial charge in [-0.3, -0.25) is 0 Å². The Morgan fingerprint density at radius 3 is 2.92 bits per heavy atom. The third-order valence-corrected chi connectivity index (χ3v) is 5.30.